The molecule has 18 heavy (non-hydrogen) atoms. The van der Waals surface area contributed by atoms with Crippen molar-refractivity contribution in [1.29, 1.82) is 0 Å². The minimum atomic E-state index is -0.428. The highest BCUT2D eigenvalue weighted by molar-refractivity contribution is 5.78. The zero-order valence-corrected chi connectivity index (χ0v) is 11.2. The molecule has 0 saturated heterocycles. The third-order valence-corrected chi connectivity index (χ3v) is 3.05. The molecule has 0 radical (unpaired) electrons. The monoisotopic (exact) mass is 249 g/mol. The topological polar surface area (TPSA) is 47.6 Å². The summed E-state index contributed by atoms with van der Waals surface area (Å²) in [5.41, 5.74) is 0.572. The molecule has 4 nitrogen and oxygen atoms in total. The van der Waals surface area contributed by atoms with Crippen molar-refractivity contribution in [2.45, 2.75) is 33.2 Å². The van der Waals surface area contributed by atoms with Crippen LogP contribution in [0.1, 0.15) is 33.3 Å². The lowest BCUT2D eigenvalue weighted by atomic mass is 9.93. The number of nitrogens with one attached hydrogen (secondary N) is 1. The normalized spacial score (nSPS) is 13.8. The van der Waals surface area contributed by atoms with Crippen LogP contribution in [-0.4, -0.2) is 12.7 Å². The second-order valence-corrected chi connectivity index (χ2v) is 5.34. The predicted octanol–water partition coefficient (Wildman–Crippen LogP) is 2.42. The average Bonchev–Trinajstić information content (AvgIpc) is 2.74. The Balaban J connectivity index is 2.21. The van der Waals surface area contributed by atoms with Gasteiger partial charge in [-0.05, 0) is 31.5 Å². The van der Waals surface area contributed by atoms with E-state index in [9.17, 15) is 4.79 Å². The van der Waals surface area contributed by atoms with E-state index in [1.54, 1.807) is 0 Å². The number of rotatable bonds is 3. The fourth-order valence-electron chi connectivity index (χ4n) is 1.81. The summed E-state index contributed by atoms with van der Waals surface area (Å²) in [7, 11) is 0. The maximum atomic E-state index is 11.8. The van der Waals surface area contributed by atoms with Gasteiger partial charge in [0.05, 0.1) is 5.54 Å². The number of hydrogen-bond donors (Lipinski definition) is 1. The highest BCUT2D eigenvalue weighted by Crippen LogP contribution is 2.35. The van der Waals surface area contributed by atoms with Gasteiger partial charge in [-0.2, -0.15) is 0 Å². The largest absolute Gasteiger partial charge is 0.454 e. The number of carbonyl (C=O) groups is 1. The standard InChI is InChI=1S/C14H19NO3/c1-9(2)13(16)15-14(3,4)10-5-6-11-12(7-10)18-8-17-11/h5-7,9H,8H2,1-4H3,(H,15,16). The molecular weight excluding hydrogens is 230 g/mol. The predicted molar refractivity (Wildman–Crippen MR) is 68.6 cm³/mol. The summed E-state index contributed by atoms with van der Waals surface area (Å²) in [5.74, 6) is 1.50. The van der Waals surface area contributed by atoms with Crippen LogP contribution in [0, 0.1) is 5.92 Å². The number of benzene rings is 1. The third kappa shape index (κ3) is 2.42. The molecule has 98 valence electrons. The summed E-state index contributed by atoms with van der Waals surface area (Å²) in [5, 5.41) is 3.03. The SMILES string of the molecule is CC(C)C(=O)NC(C)(C)c1ccc2c(c1)OCO2. The second-order valence-electron chi connectivity index (χ2n) is 5.34. The molecule has 0 unspecified atom stereocenters. The maximum absolute atomic E-state index is 11.8. The molecule has 0 aromatic heterocycles. The molecule has 0 atom stereocenters. The van der Waals surface area contributed by atoms with Crippen LogP contribution >= 0.6 is 0 Å². The highest BCUT2D eigenvalue weighted by atomic mass is 16.7. The van der Waals surface area contributed by atoms with E-state index in [4.69, 9.17) is 9.47 Å². The van der Waals surface area contributed by atoms with Gasteiger partial charge in [0.25, 0.3) is 0 Å². The van der Waals surface area contributed by atoms with Crippen LogP contribution < -0.4 is 14.8 Å². The first-order valence-electron chi connectivity index (χ1n) is 6.12. The van der Waals surface area contributed by atoms with Gasteiger partial charge in [0.15, 0.2) is 11.5 Å². The van der Waals surface area contributed by atoms with E-state index in [0.717, 1.165) is 17.1 Å². The molecule has 1 N–H and O–H groups in total. The summed E-state index contributed by atoms with van der Waals surface area (Å²) in [6, 6.07) is 5.75. The zero-order valence-electron chi connectivity index (χ0n) is 11.2. The van der Waals surface area contributed by atoms with E-state index >= 15 is 0 Å². The van der Waals surface area contributed by atoms with E-state index in [-0.39, 0.29) is 18.6 Å². The first-order valence-corrected chi connectivity index (χ1v) is 6.12. The molecule has 2 rings (SSSR count). The Bertz CT molecular complexity index is 466. The van der Waals surface area contributed by atoms with Crippen molar-refractivity contribution in [3.8, 4) is 11.5 Å². The highest BCUT2D eigenvalue weighted by Gasteiger charge is 2.26. The van der Waals surface area contributed by atoms with Crippen molar-refractivity contribution in [1.82, 2.24) is 5.32 Å². The van der Waals surface area contributed by atoms with Gasteiger partial charge in [0.1, 0.15) is 0 Å². The van der Waals surface area contributed by atoms with Crippen molar-refractivity contribution in [3.05, 3.63) is 23.8 Å². The van der Waals surface area contributed by atoms with Crippen LogP contribution in [0.3, 0.4) is 0 Å². The van der Waals surface area contributed by atoms with E-state index in [2.05, 4.69) is 5.32 Å². The molecule has 0 aliphatic carbocycles. The van der Waals surface area contributed by atoms with Gasteiger partial charge in [-0.15, -0.1) is 0 Å². The Morgan fingerprint density at radius 3 is 2.61 bits per heavy atom. The summed E-state index contributed by atoms with van der Waals surface area (Å²) in [4.78, 5) is 11.8. The fraction of sp³-hybridized carbons (Fsp3) is 0.500. The Hall–Kier alpha value is -1.71. The molecule has 1 aromatic rings. The minimum absolute atomic E-state index is 0.0294. The summed E-state index contributed by atoms with van der Waals surface area (Å²) in [6.45, 7) is 7.98. The molecule has 0 fully saturated rings. The Labute approximate surface area is 107 Å². The molecule has 0 spiro atoms. The summed E-state index contributed by atoms with van der Waals surface area (Å²) < 4.78 is 10.6. The van der Waals surface area contributed by atoms with Gasteiger partial charge in [-0.25, -0.2) is 0 Å². The second kappa shape index (κ2) is 4.52. The van der Waals surface area contributed by atoms with Gasteiger partial charge in [0.2, 0.25) is 12.7 Å². The Morgan fingerprint density at radius 1 is 1.28 bits per heavy atom. The molecule has 1 heterocycles. The lowest BCUT2D eigenvalue weighted by Gasteiger charge is -2.28. The molecule has 0 bridgehead atoms. The van der Waals surface area contributed by atoms with Gasteiger partial charge < -0.3 is 14.8 Å². The van der Waals surface area contributed by atoms with E-state index in [1.165, 1.54) is 0 Å². The van der Waals surface area contributed by atoms with Crippen LogP contribution in [0.15, 0.2) is 18.2 Å². The van der Waals surface area contributed by atoms with Gasteiger partial charge in [0, 0.05) is 5.92 Å². The van der Waals surface area contributed by atoms with Crippen LogP contribution in [0.5, 0.6) is 11.5 Å². The Kier molecular flexibility index (Phi) is 3.20. The quantitative estimate of drug-likeness (QED) is 0.895. The molecular formula is C14H19NO3. The lowest BCUT2D eigenvalue weighted by molar-refractivity contribution is -0.125. The average molecular weight is 249 g/mol. The molecule has 1 aliphatic rings. The van der Waals surface area contributed by atoms with Crippen molar-refractivity contribution >= 4 is 5.91 Å². The fourth-order valence-corrected chi connectivity index (χ4v) is 1.81. The molecule has 1 aromatic carbocycles. The van der Waals surface area contributed by atoms with E-state index in [0.29, 0.717) is 0 Å². The first-order chi connectivity index (χ1) is 8.40. The van der Waals surface area contributed by atoms with Crippen molar-refractivity contribution in [2.75, 3.05) is 6.79 Å². The van der Waals surface area contributed by atoms with Crippen LogP contribution in [0.4, 0.5) is 0 Å². The number of hydrogen-bond acceptors (Lipinski definition) is 3. The smallest absolute Gasteiger partial charge is 0.231 e. The van der Waals surface area contributed by atoms with E-state index in [1.807, 2.05) is 45.9 Å². The minimum Gasteiger partial charge on any atom is -0.454 e. The zero-order chi connectivity index (χ0) is 13.3. The van der Waals surface area contributed by atoms with Crippen LogP contribution in [0.25, 0.3) is 0 Å². The molecule has 4 heteroatoms. The molecule has 0 saturated carbocycles. The number of carbonyl (C=O) groups excluding carboxylic acids is 1. The van der Waals surface area contributed by atoms with Crippen molar-refractivity contribution in [2.24, 2.45) is 5.92 Å². The van der Waals surface area contributed by atoms with Gasteiger partial charge in [-0.3, -0.25) is 4.79 Å². The van der Waals surface area contributed by atoms with E-state index < -0.39 is 5.54 Å². The number of fused-ring (bicyclic) bond motifs is 1. The first kappa shape index (κ1) is 12.7. The van der Waals surface area contributed by atoms with Crippen LogP contribution in [0.2, 0.25) is 0 Å². The number of ether oxygens (including phenoxy) is 2. The van der Waals surface area contributed by atoms with Gasteiger partial charge >= 0.3 is 0 Å². The van der Waals surface area contributed by atoms with Crippen LogP contribution in [-0.2, 0) is 10.3 Å². The maximum Gasteiger partial charge on any atom is 0.231 e. The third-order valence-electron chi connectivity index (χ3n) is 3.05. The van der Waals surface area contributed by atoms with Gasteiger partial charge in [-0.1, -0.05) is 19.9 Å². The summed E-state index contributed by atoms with van der Waals surface area (Å²) in [6.07, 6.45) is 0. The molecule has 1 aliphatic heterocycles. The Morgan fingerprint density at radius 2 is 1.94 bits per heavy atom. The van der Waals surface area contributed by atoms with Crippen molar-refractivity contribution in [3.63, 3.8) is 0 Å². The van der Waals surface area contributed by atoms with Crippen molar-refractivity contribution < 1.29 is 14.3 Å². The number of amides is 1. The lowest BCUT2D eigenvalue weighted by Crippen LogP contribution is -2.42. The molecule has 1 amide bonds. The summed E-state index contributed by atoms with van der Waals surface area (Å²) >= 11 is 0.